The molecule has 1 aromatic carbocycles. The van der Waals surface area contributed by atoms with E-state index in [9.17, 15) is 0 Å². The van der Waals surface area contributed by atoms with Gasteiger partial charge in [0.05, 0.1) is 6.33 Å². The largest absolute Gasteiger partial charge is 0.317 e. The molecule has 20 heavy (non-hydrogen) atoms. The summed E-state index contributed by atoms with van der Waals surface area (Å²) in [6.07, 6.45) is 6.22. The van der Waals surface area contributed by atoms with Crippen molar-refractivity contribution in [3.05, 3.63) is 47.0 Å². The summed E-state index contributed by atoms with van der Waals surface area (Å²) < 4.78 is 2.22. The highest BCUT2D eigenvalue weighted by Crippen LogP contribution is 2.34. The summed E-state index contributed by atoms with van der Waals surface area (Å²) >= 11 is 6.06. The van der Waals surface area contributed by atoms with Gasteiger partial charge in [0.1, 0.15) is 0 Å². The SMILES string of the molecule is Cc1cc(Cl)ccc1-n1cncc1C1(C)CCNCC1. The molecular formula is C16H20ClN3. The Balaban J connectivity index is 2.05. The van der Waals surface area contributed by atoms with Crippen molar-refractivity contribution in [1.29, 1.82) is 0 Å². The fourth-order valence-corrected chi connectivity index (χ4v) is 3.28. The molecule has 0 bridgehead atoms. The zero-order chi connectivity index (χ0) is 14.2. The molecule has 0 saturated carbocycles. The summed E-state index contributed by atoms with van der Waals surface area (Å²) in [5.74, 6) is 0. The summed E-state index contributed by atoms with van der Waals surface area (Å²) in [6, 6.07) is 6.02. The first-order valence-corrected chi connectivity index (χ1v) is 7.48. The molecular weight excluding hydrogens is 270 g/mol. The molecule has 1 aromatic heterocycles. The van der Waals surface area contributed by atoms with Gasteiger partial charge in [0.15, 0.2) is 0 Å². The normalized spacial score (nSPS) is 18.1. The van der Waals surface area contributed by atoms with Gasteiger partial charge in [0.2, 0.25) is 0 Å². The second-order valence-electron chi connectivity index (χ2n) is 5.89. The Morgan fingerprint density at radius 3 is 2.75 bits per heavy atom. The first kappa shape index (κ1) is 13.7. The Kier molecular flexibility index (Phi) is 3.57. The van der Waals surface area contributed by atoms with Gasteiger partial charge in [-0.3, -0.25) is 0 Å². The van der Waals surface area contributed by atoms with Crippen LogP contribution in [-0.2, 0) is 5.41 Å². The number of benzene rings is 1. The van der Waals surface area contributed by atoms with E-state index in [1.807, 2.05) is 24.7 Å². The summed E-state index contributed by atoms with van der Waals surface area (Å²) in [5, 5.41) is 4.21. The second-order valence-corrected chi connectivity index (χ2v) is 6.33. The van der Waals surface area contributed by atoms with Gasteiger partial charge in [0.25, 0.3) is 0 Å². The number of piperidine rings is 1. The van der Waals surface area contributed by atoms with Gasteiger partial charge in [0, 0.05) is 28.0 Å². The second kappa shape index (κ2) is 5.23. The van der Waals surface area contributed by atoms with E-state index in [1.54, 1.807) is 0 Å². The Hall–Kier alpha value is -1.32. The minimum Gasteiger partial charge on any atom is -0.317 e. The predicted octanol–water partition coefficient (Wildman–Crippen LogP) is 3.48. The summed E-state index contributed by atoms with van der Waals surface area (Å²) in [7, 11) is 0. The topological polar surface area (TPSA) is 29.9 Å². The Labute approximate surface area is 125 Å². The molecule has 3 rings (SSSR count). The van der Waals surface area contributed by atoms with Crippen molar-refractivity contribution >= 4 is 11.6 Å². The number of rotatable bonds is 2. The average Bonchev–Trinajstić information content (AvgIpc) is 2.89. The number of nitrogens with one attached hydrogen (secondary N) is 1. The molecule has 0 radical (unpaired) electrons. The van der Waals surface area contributed by atoms with Crippen LogP contribution < -0.4 is 5.32 Å². The van der Waals surface area contributed by atoms with Crippen LogP contribution in [0.3, 0.4) is 0 Å². The molecule has 0 spiro atoms. The standard InChI is InChI=1S/C16H20ClN3/c1-12-9-13(17)3-4-14(12)20-11-19-10-15(20)16(2)5-7-18-8-6-16/h3-4,9-11,18H,5-8H2,1-2H3. The first-order chi connectivity index (χ1) is 9.60. The van der Waals surface area contributed by atoms with Crippen LogP contribution in [0.5, 0.6) is 0 Å². The molecule has 0 atom stereocenters. The number of imidazole rings is 1. The lowest BCUT2D eigenvalue weighted by Gasteiger charge is -2.34. The van der Waals surface area contributed by atoms with Crippen LogP contribution in [-0.4, -0.2) is 22.6 Å². The molecule has 2 aromatic rings. The minimum atomic E-state index is 0.188. The molecule has 1 N–H and O–H groups in total. The van der Waals surface area contributed by atoms with Crippen molar-refractivity contribution < 1.29 is 0 Å². The third-order valence-corrected chi connectivity index (χ3v) is 4.62. The Bertz CT molecular complexity index is 612. The monoisotopic (exact) mass is 289 g/mol. The lowest BCUT2D eigenvalue weighted by Crippen LogP contribution is -2.38. The molecule has 2 heterocycles. The number of nitrogens with zero attached hydrogens (tertiary/aromatic N) is 2. The minimum absolute atomic E-state index is 0.188. The summed E-state index contributed by atoms with van der Waals surface area (Å²) in [6.45, 7) is 6.57. The maximum atomic E-state index is 6.06. The van der Waals surface area contributed by atoms with Crippen molar-refractivity contribution in [2.75, 3.05) is 13.1 Å². The van der Waals surface area contributed by atoms with Gasteiger partial charge in [-0.05, 0) is 56.6 Å². The van der Waals surface area contributed by atoms with Crippen molar-refractivity contribution in [2.24, 2.45) is 0 Å². The zero-order valence-electron chi connectivity index (χ0n) is 12.0. The van der Waals surface area contributed by atoms with Crippen LogP contribution in [0, 0.1) is 6.92 Å². The van der Waals surface area contributed by atoms with E-state index in [0.29, 0.717) is 0 Å². The Morgan fingerprint density at radius 2 is 2.05 bits per heavy atom. The molecule has 1 aliphatic heterocycles. The van der Waals surface area contributed by atoms with Crippen LogP contribution in [0.25, 0.3) is 5.69 Å². The smallest absolute Gasteiger partial charge is 0.0994 e. The first-order valence-electron chi connectivity index (χ1n) is 7.10. The van der Waals surface area contributed by atoms with Crippen molar-refractivity contribution in [2.45, 2.75) is 32.1 Å². The van der Waals surface area contributed by atoms with E-state index in [2.05, 4.69) is 34.8 Å². The fraction of sp³-hybridized carbons (Fsp3) is 0.438. The highest BCUT2D eigenvalue weighted by Gasteiger charge is 2.32. The third-order valence-electron chi connectivity index (χ3n) is 4.38. The van der Waals surface area contributed by atoms with Crippen molar-refractivity contribution in [1.82, 2.24) is 14.9 Å². The zero-order valence-corrected chi connectivity index (χ0v) is 12.7. The molecule has 4 heteroatoms. The molecule has 0 unspecified atom stereocenters. The van der Waals surface area contributed by atoms with Crippen LogP contribution in [0.2, 0.25) is 5.02 Å². The van der Waals surface area contributed by atoms with Gasteiger partial charge < -0.3 is 9.88 Å². The average molecular weight is 290 g/mol. The molecule has 106 valence electrons. The van der Waals surface area contributed by atoms with Gasteiger partial charge in [-0.2, -0.15) is 0 Å². The molecule has 1 fully saturated rings. The lowest BCUT2D eigenvalue weighted by atomic mass is 9.78. The Morgan fingerprint density at radius 1 is 1.30 bits per heavy atom. The fourth-order valence-electron chi connectivity index (χ4n) is 3.06. The van der Waals surface area contributed by atoms with Gasteiger partial charge in [-0.25, -0.2) is 4.98 Å². The van der Waals surface area contributed by atoms with E-state index in [1.165, 1.54) is 16.9 Å². The maximum Gasteiger partial charge on any atom is 0.0994 e. The molecule has 0 amide bonds. The van der Waals surface area contributed by atoms with E-state index in [-0.39, 0.29) is 5.41 Å². The number of hydrogen-bond acceptors (Lipinski definition) is 2. The van der Waals surface area contributed by atoms with Crippen LogP contribution >= 0.6 is 11.6 Å². The van der Waals surface area contributed by atoms with E-state index in [4.69, 9.17) is 11.6 Å². The van der Waals surface area contributed by atoms with Crippen molar-refractivity contribution in [3.63, 3.8) is 0 Å². The highest BCUT2D eigenvalue weighted by atomic mass is 35.5. The summed E-state index contributed by atoms with van der Waals surface area (Å²) in [4.78, 5) is 4.39. The van der Waals surface area contributed by atoms with Gasteiger partial charge >= 0.3 is 0 Å². The highest BCUT2D eigenvalue weighted by molar-refractivity contribution is 6.30. The van der Waals surface area contributed by atoms with E-state index >= 15 is 0 Å². The third kappa shape index (κ3) is 2.36. The molecule has 0 aliphatic carbocycles. The maximum absolute atomic E-state index is 6.06. The number of aromatic nitrogens is 2. The van der Waals surface area contributed by atoms with Crippen LogP contribution in [0.15, 0.2) is 30.7 Å². The molecule has 1 saturated heterocycles. The predicted molar refractivity (Wildman–Crippen MR) is 82.8 cm³/mol. The molecule has 3 nitrogen and oxygen atoms in total. The molecule has 1 aliphatic rings. The number of aryl methyl sites for hydroxylation is 1. The van der Waals surface area contributed by atoms with Crippen LogP contribution in [0.4, 0.5) is 0 Å². The number of halogens is 1. The number of hydrogen-bond donors (Lipinski definition) is 1. The van der Waals surface area contributed by atoms with Crippen LogP contribution in [0.1, 0.15) is 31.0 Å². The van der Waals surface area contributed by atoms with E-state index in [0.717, 1.165) is 31.0 Å². The quantitative estimate of drug-likeness (QED) is 0.917. The lowest BCUT2D eigenvalue weighted by molar-refractivity contribution is 0.324. The van der Waals surface area contributed by atoms with E-state index < -0.39 is 0 Å². The van der Waals surface area contributed by atoms with Crippen molar-refractivity contribution in [3.8, 4) is 5.69 Å². The van der Waals surface area contributed by atoms with Gasteiger partial charge in [-0.15, -0.1) is 0 Å². The van der Waals surface area contributed by atoms with Gasteiger partial charge in [-0.1, -0.05) is 18.5 Å². The summed E-state index contributed by atoms with van der Waals surface area (Å²) in [5.41, 5.74) is 3.83.